The van der Waals surface area contributed by atoms with Gasteiger partial charge >= 0.3 is 0 Å². The maximum Gasteiger partial charge on any atom is 0.139 e. The summed E-state index contributed by atoms with van der Waals surface area (Å²) in [6.07, 6.45) is 7.89. The molecular weight excluding hydrogens is 368 g/mol. The van der Waals surface area contributed by atoms with Crippen molar-refractivity contribution in [3.8, 4) is 11.8 Å². The largest absolute Gasteiger partial charge is 0.379 e. The fourth-order valence-electron chi connectivity index (χ4n) is 4.44. The van der Waals surface area contributed by atoms with Gasteiger partial charge in [0.1, 0.15) is 18.2 Å². The molecule has 152 valence electrons. The maximum atomic E-state index is 11.6. The lowest BCUT2D eigenvalue weighted by Crippen LogP contribution is -3.13. The van der Waals surface area contributed by atoms with Gasteiger partial charge in [-0.25, -0.2) is 0 Å². The van der Waals surface area contributed by atoms with Crippen LogP contribution in [-0.2, 0) is 5.60 Å². The van der Waals surface area contributed by atoms with Gasteiger partial charge in [-0.2, -0.15) is 0 Å². The molecule has 2 atom stereocenters. The number of aromatic nitrogens is 1. The number of nitrogens with one attached hydrogen (secondary N) is 1. The molecule has 1 aromatic heterocycles. The van der Waals surface area contributed by atoms with Crippen LogP contribution < -0.4 is 4.90 Å². The standard InChI is InChI=1S/C27H28N2O/c30-27(24-13-3-1-4-14-24,25-15-5-2-6-16-25)18-8-10-21-29-20-9-7-17-26(29)23-12-11-19-28-22-23/h1-6,11-16,19,22,26,30H,7,9,17-18,20-21H2/p+1/t26-/m0/s1. The highest BCUT2D eigenvalue weighted by molar-refractivity contribution is 5.37. The maximum absolute atomic E-state index is 11.6. The Hall–Kier alpha value is -2.93. The van der Waals surface area contributed by atoms with Crippen molar-refractivity contribution in [3.63, 3.8) is 0 Å². The number of pyridine rings is 1. The quantitative estimate of drug-likeness (QED) is 0.647. The predicted octanol–water partition coefficient (Wildman–Crippen LogP) is 3.52. The number of piperidine rings is 1. The molecule has 1 unspecified atom stereocenters. The van der Waals surface area contributed by atoms with Gasteiger partial charge in [0, 0.05) is 30.8 Å². The van der Waals surface area contributed by atoms with Crippen molar-refractivity contribution >= 4 is 0 Å². The lowest BCUT2D eigenvalue weighted by molar-refractivity contribution is -0.930. The molecule has 0 bridgehead atoms. The Morgan fingerprint density at radius 1 is 0.900 bits per heavy atom. The van der Waals surface area contributed by atoms with Gasteiger partial charge in [0.25, 0.3) is 0 Å². The van der Waals surface area contributed by atoms with Gasteiger partial charge in [-0.3, -0.25) is 4.98 Å². The molecule has 1 aliphatic heterocycles. The van der Waals surface area contributed by atoms with Crippen LogP contribution in [0.1, 0.15) is 48.4 Å². The molecule has 2 aromatic carbocycles. The minimum atomic E-state index is -1.10. The number of hydrogen-bond acceptors (Lipinski definition) is 2. The molecule has 2 heterocycles. The first-order chi connectivity index (χ1) is 14.8. The third kappa shape index (κ3) is 4.62. The monoisotopic (exact) mass is 397 g/mol. The van der Waals surface area contributed by atoms with Crippen LogP contribution in [0.2, 0.25) is 0 Å². The topological polar surface area (TPSA) is 37.6 Å². The van der Waals surface area contributed by atoms with E-state index < -0.39 is 5.60 Å². The average Bonchev–Trinajstić information content (AvgIpc) is 2.83. The summed E-state index contributed by atoms with van der Waals surface area (Å²) in [6.45, 7) is 1.93. The Morgan fingerprint density at radius 2 is 1.60 bits per heavy atom. The van der Waals surface area contributed by atoms with E-state index in [0.29, 0.717) is 12.5 Å². The van der Waals surface area contributed by atoms with Gasteiger partial charge in [0.05, 0.1) is 6.54 Å². The van der Waals surface area contributed by atoms with Crippen molar-refractivity contribution in [2.75, 3.05) is 13.1 Å². The molecular formula is C27H29N2O+. The Morgan fingerprint density at radius 3 is 2.23 bits per heavy atom. The van der Waals surface area contributed by atoms with Crippen LogP contribution in [0.5, 0.6) is 0 Å². The first-order valence-electron chi connectivity index (χ1n) is 10.8. The predicted molar refractivity (Wildman–Crippen MR) is 120 cm³/mol. The van der Waals surface area contributed by atoms with Crippen molar-refractivity contribution in [1.82, 2.24) is 4.98 Å². The second kappa shape index (κ2) is 9.71. The number of quaternary nitrogens is 1. The number of aliphatic hydroxyl groups is 1. The Labute approximate surface area is 179 Å². The van der Waals surface area contributed by atoms with Crippen LogP contribution in [0, 0.1) is 11.8 Å². The summed E-state index contributed by atoms with van der Waals surface area (Å²) in [6, 6.07) is 24.4. The lowest BCUT2D eigenvalue weighted by atomic mass is 9.84. The van der Waals surface area contributed by atoms with Gasteiger partial charge in [0.15, 0.2) is 0 Å². The minimum absolute atomic E-state index is 0.381. The normalized spacial score (nSPS) is 19.0. The number of likely N-dealkylation sites (tertiary alicyclic amines) is 1. The molecule has 0 amide bonds. The summed E-state index contributed by atoms with van der Waals surface area (Å²) in [4.78, 5) is 5.81. The SMILES string of the molecule is OC(CC#CC[NH+]1CCCC[C@H]1c1cccnc1)(c1ccccc1)c1ccccc1. The lowest BCUT2D eigenvalue weighted by Gasteiger charge is -2.31. The number of hydrogen-bond donors (Lipinski definition) is 2. The molecule has 1 aliphatic rings. The first kappa shape index (κ1) is 20.3. The number of benzene rings is 2. The van der Waals surface area contributed by atoms with Crippen LogP contribution in [0.3, 0.4) is 0 Å². The molecule has 0 saturated carbocycles. The molecule has 3 aromatic rings. The zero-order valence-electron chi connectivity index (χ0n) is 17.3. The second-order valence-electron chi connectivity index (χ2n) is 8.04. The summed E-state index contributed by atoms with van der Waals surface area (Å²) in [7, 11) is 0. The zero-order valence-corrected chi connectivity index (χ0v) is 17.3. The van der Waals surface area contributed by atoms with Crippen molar-refractivity contribution in [1.29, 1.82) is 0 Å². The average molecular weight is 398 g/mol. The summed E-state index contributed by atoms with van der Waals surface area (Å²) in [5, 5.41) is 11.6. The second-order valence-corrected chi connectivity index (χ2v) is 8.04. The Bertz CT molecular complexity index is 937. The van der Waals surface area contributed by atoms with E-state index in [0.717, 1.165) is 24.2 Å². The Balaban J connectivity index is 1.51. The molecule has 3 nitrogen and oxygen atoms in total. The van der Waals surface area contributed by atoms with E-state index in [1.54, 1.807) is 0 Å². The summed E-state index contributed by atoms with van der Waals surface area (Å²) < 4.78 is 0. The van der Waals surface area contributed by atoms with Crippen LogP contribution in [-0.4, -0.2) is 23.2 Å². The molecule has 1 saturated heterocycles. The van der Waals surface area contributed by atoms with E-state index in [4.69, 9.17) is 0 Å². The van der Waals surface area contributed by atoms with Gasteiger partial charge < -0.3 is 10.0 Å². The number of nitrogens with zero attached hydrogens (tertiary/aromatic N) is 1. The highest BCUT2D eigenvalue weighted by Gasteiger charge is 2.31. The smallest absolute Gasteiger partial charge is 0.139 e. The molecule has 0 radical (unpaired) electrons. The van der Waals surface area contributed by atoms with Crippen LogP contribution in [0.25, 0.3) is 0 Å². The molecule has 0 spiro atoms. The van der Waals surface area contributed by atoms with Crippen molar-refractivity contribution in [2.45, 2.75) is 37.3 Å². The summed E-state index contributed by atoms with van der Waals surface area (Å²) >= 11 is 0. The molecule has 0 aliphatic carbocycles. The van der Waals surface area contributed by atoms with Crippen molar-refractivity contribution in [3.05, 3.63) is 102 Å². The fourth-order valence-corrected chi connectivity index (χ4v) is 4.44. The zero-order chi connectivity index (χ0) is 20.7. The van der Waals surface area contributed by atoms with Crippen LogP contribution in [0.4, 0.5) is 0 Å². The third-order valence-corrected chi connectivity index (χ3v) is 6.11. The van der Waals surface area contributed by atoms with Gasteiger partial charge in [0.2, 0.25) is 0 Å². The summed E-state index contributed by atoms with van der Waals surface area (Å²) in [5.41, 5.74) is 1.96. The third-order valence-electron chi connectivity index (χ3n) is 6.11. The van der Waals surface area contributed by atoms with Crippen molar-refractivity contribution in [2.24, 2.45) is 0 Å². The van der Waals surface area contributed by atoms with Crippen molar-refractivity contribution < 1.29 is 10.0 Å². The molecule has 2 N–H and O–H groups in total. The summed E-state index contributed by atoms with van der Waals surface area (Å²) in [5.74, 6) is 6.69. The van der Waals surface area contributed by atoms with E-state index in [1.807, 2.05) is 79.1 Å². The highest BCUT2D eigenvalue weighted by atomic mass is 16.3. The Kier molecular flexibility index (Phi) is 6.59. The van der Waals surface area contributed by atoms with Gasteiger partial charge in [-0.15, -0.1) is 0 Å². The van der Waals surface area contributed by atoms with Gasteiger partial charge in [-0.1, -0.05) is 72.7 Å². The minimum Gasteiger partial charge on any atom is -0.379 e. The highest BCUT2D eigenvalue weighted by Crippen LogP contribution is 2.32. The fraction of sp³-hybridized carbons (Fsp3) is 0.296. The van der Waals surface area contributed by atoms with E-state index in [2.05, 4.69) is 22.9 Å². The van der Waals surface area contributed by atoms with Gasteiger partial charge in [-0.05, 0) is 36.0 Å². The van der Waals surface area contributed by atoms with E-state index in [9.17, 15) is 5.11 Å². The molecule has 3 heteroatoms. The van der Waals surface area contributed by atoms with E-state index in [-0.39, 0.29) is 0 Å². The van der Waals surface area contributed by atoms with Crippen LogP contribution in [0.15, 0.2) is 85.2 Å². The molecule has 1 fully saturated rings. The molecule has 4 rings (SSSR count). The van der Waals surface area contributed by atoms with E-state index >= 15 is 0 Å². The van der Waals surface area contributed by atoms with E-state index in [1.165, 1.54) is 29.7 Å². The molecule has 30 heavy (non-hydrogen) atoms. The van der Waals surface area contributed by atoms with Crippen LogP contribution >= 0.6 is 0 Å². The first-order valence-corrected chi connectivity index (χ1v) is 10.8. The number of rotatable bonds is 5.